The Labute approximate surface area is 170 Å². The fourth-order valence-corrected chi connectivity index (χ4v) is 3.34. The van der Waals surface area contributed by atoms with Crippen molar-refractivity contribution in [1.29, 1.82) is 0 Å². The van der Waals surface area contributed by atoms with E-state index in [0.29, 0.717) is 36.2 Å². The molecule has 0 bridgehead atoms. The molecule has 1 atom stereocenters. The highest BCUT2D eigenvalue weighted by Crippen LogP contribution is 2.30. The second kappa shape index (κ2) is 9.89. The standard InChI is InChI=1S/C21H25ClN2O4/c1-15(25)23-19-4-2-3-16(10-19)17-9-18(22)12-21(11-17)28-14-20(26)13-24-5-7-27-8-6-24/h2-4,9-12,20,26H,5-8,13-14H2,1H3,(H,23,25). The highest BCUT2D eigenvalue weighted by atomic mass is 35.5. The number of aliphatic hydroxyl groups excluding tert-OH is 1. The summed E-state index contributed by atoms with van der Waals surface area (Å²) < 4.78 is 11.1. The third-order valence-electron chi connectivity index (χ3n) is 4.40. The van der Waals surface area contributed by atoms with Crippen molar-refractivity contribution in [3.8, 4) is 16.9 Å². The second-order valence-corrected chi connectivity index (χ2v) is 7.25. The Balaban J connectivity index is 1.65. The molecule has 1 aliphatic heterocycles. The monoisotopic (exact) mass is 404 g/mol. The molecular weight excluding hydrogens is 380 g/mol. The number of ether oxygens (including phenoxy) is 2. The summed E-state index contributed by atoms with van der Waals surface area (Å²) in [4.78, 5) is 13.4. The second-order valence-electron chi connectivity index (χ2n) is 6.82. The van der Waals surface area contributed by atoms with Crippen molar-refractivity contribution in [2.45, 2.75) is 13.0 Å². The molecule has 0 spiro atoms. The van der Waals surface area contributed by atoms with Gasteiger partial charge >= 0.3 is 0 Å². The minimum Gasteiger partial charge on any atom is -0.491 e. The molecule has 6 nitrogen and oxygen atoms in total. The average Bonchev–Trinajstić information content (AvgIpc) is 2.66. The van der Waals surface area contributed by atoms with Crippen LogP contribution in [0.3, 0.4) is 0 Å². The van der Waals surface area contributed by atoms with Gasteiger partial charge in [0.05, 0.1) is 13.2 Å². The Morgan fingerprint density at radius 2 is 2.04 bits per heavy atom. The molecule has 1 unspecified atom stereocenters. The Kier molecular flexibility index (Phi) is 7.28. The molecule has 1 fully saturated rings. The van der Waals surface area contributed by atoms with Crippen LogP contribution in [-0.2, 0) is 9.53 Å². The molecule has 0 radical (unpaired) electrons. The first-order chi connectivity index (χ1) is 13.5. The zero-order valence-electron chi connectivity index (χ0n) is 15.9. The zero-order chi connectivity index (χ0) is 19.9. The summed E-state index contributed by atoms with van der Waals surface area (Å²) in [6.07, 6.45) is -0.594. The molecule has 150 valence electrons. The molecule has 2 aromatic carbocycles. The quantitative estimate of drug-likeness (QED) is 0.742. The Hall–Kier alpha value is -2.12. The highest BCUT2D eigenvalue weighted by molar-refractivity contribution is 6.31. The molecule has 1 heterocycles. The number of β-amino-alcohol motifs (C(OH)–C–C–N with tert-alkyl or cyclic N) is 1. The highest BCUT2D eigenvalue weighted by Gasteiger charge is 2.15. The molecular formula is C21H25ClN2O4. The van der Waals surface area contributed by atoms with E-state index >= 15 is 0 Å². The lowest BCUT2D eigenvalue weighted by Crippen LogP contribution is -2.42. The van der Waals surface area contributed by atoms with Gasteiger partial charge in [0.2, 0.25) is 5.91 Å². The first-order valence-corrected chi connectivity index (χ1v) is 9.67. The molecule has 2 aromatic rings. The summed E-state index contributed by atoms with van der Waals surface area (Å²) in [5, 5.41) is 13.6. The molecule has 3 rings (SSSR count). The normalized spacial score (nSPS) is 15.8. The van der Waals surface area contributed by atoms with E-state index in [2.05, 4.69) is 10.2 Å². The summed E-state index contributed by atoms with van der Waals surface area (Å²) in [5.74, 6) is 0.468. The summed E-state index contributed by atoms with van der Waals surface area (Å²) >= 11 is 6.26. The van der Waals surface area contributed by atoms with Crippen LogP contribution in [0.5, 0.6) is 5.75 Å². The molecule has 28 heavy (non-hydrogen) atoms. The molecule has 0 aromatic heterocycles. The number of morpholine rings is 1. The summed E-state index contributed by atoms with van der Waals surface area (Å²) in [5.41, 5.74) is 2.50. The number of halogens is 1. The van der Waals surface area contributed by atoms with Crippen LogP contribution >= 0.6 is 11.6 Å². The molecule has 0 saturated carbocycles. The number of nitrogens with zero attached hydrogens (tertiary/aromatic N) is 1. The van der Waals surface area contributed by atoms with Gasteiger partial charge in [-0.25, -0.2) is 0 Å². The molecule has 1 aliphatic rings. The number of rotatable bonds is 7. The number of aliphatic hydroxyl groups is 1. The van der Waals surface area contributed by atoms with Crippen molar-refractivity contribution in [3.63, 3.8) is 0 Å². The van der Waals surface area contributed by atoms with Crippen LogP contribution in [0.4, 0.5) is 5.69 Å². The first-order valence-electron chi connectivity index (χ1n) is 9.29. The zero-order valence-corrected chi connectivity index (χ0v) is 16.6. The SMILES string of the molecule is CC(=O)Nc1cccc(-c2cc(Cl)cc(OCC(O)CN3CCOCC3)c2)c1. The van der Waals surface area contributed by atoms with Crippen molar-refractivity contribution in [3.05, 3.63) is 47.5 Å². The molecule has 1 saturated heterocycles. The Bertz CT molecular complexity index is 809. The smallest absolute Gasteiger partial charge is 0.221 e. The molecule has 7 heteroatoms. The van der Waals surface area contributed by atoms with Gasteiger partial charge in [0.1, 0.15) is 18.5 Å². The first kappa shape index (κ1) is 20.6. The number of amides is 1. The number of nitrogens with one attached hydrogen (secondary N) is 1. The summed E-state index contributed by atoms with van der Waals surface area (Å²) in [7, 11) is 0. The number of benzene rings is 2. The lowest BCUT2D eigenvalue weighted by atomic mass is 10.0. The van der Waals surface area contributed by atoms with Gasteiger partial charge in [-0.05, 0) is 41.5 Å². The number of carbonyl (C=O) groups is 1. The number of hydrogen-bond donors (Lipinski definition) is 2. The maximum atomic E-state index is 11.3. The maximum absolute atomic E-state index is 11.3. The number of carbonyl (C=O) groups excluding carboxylic acids is 1. The van der Waals surface area contributed by atoms with E-state index in [0.717, 1.165) is 24.2 Å². The van der Waals surface area contributed by atoms with Crippen LogP contribution in [0.1, 0.15) is 6.92 Å². The van der Waals surface area contributed by atoms with Crippen molar-refractivity contribution < 1.29 is 19.4 Å². The topological polar surface area (TPSA) is 71.0 Å². The van der Waals surface area contributed by atoms with E-state index in [-0.39, 0.29) is 12.5 Å². The van der Waals surface area contributed by atoms with Crippen LogP contribution in [0.15, 0.2) is 42.5 Å². The van der Waals surface area contributed by atoms with Crippen LogP contribution < -0.4 is 10.1 Å². The van der Waals surface area contributed by atoms with Crippen molar-refractivity contribution in [1.82, 2.24) is 4.90 Å². The number of anilines is 1. The lowest BCUT2D eigenvalue weighted by Gasteiger charge is -2.28. The molecule has 1 amide bonds. The van der Waals surface area contributed by atoms with Crippen LogP contribution in [0.25, 0.3) is 11.1 Å². The third kappa shape index (κ3) is 6.21. The van der Waals surface area contributed by atoms with Gasteiger partial charge in [-0.2, -0.15) is 0 Å². The predicted molar refractivity (Wildman–Crippen MR) is 110 cm³/mol. The summed E-state index contributed by atoms with van der Waals surface area (Å²) in [6, 6.07) is 13.0. The van der Waals surface area contributed by atoms with E-state index in [1.165, 1.54) is 6.92 Å². The predicted octanol–water partition coefficient (Wildman–Crippen LogP) is 3.04. The van der Waals surface area contributed by atoms with E-state index < -0.39 is 6.10 Å². The van der Waals surface area contributed by atoms with E-state index in [1.54, 1.807) is 6.07 Å². The fourth-order valence-electron chi connectivity index (χ4n) is 3.12. The van der Waals surface area contributed by atoms with Gasteiger partial charge in [-0.3, -0.25) is 9.69 Å². The van der Waals surface area contributed by atoms with Crippen molar-refractivity contribution >= 4 is 23.2 Å². The van der Waals surface area contributed by atoms with Gasteiger partial charge in [-0.1, -0.05) is 23.7 Å². The van der Waals surface area contributed by atoms with Crippen LogP contribution in [0.2, 0.25) is 5.02 Å². The molecule has 2 N–H and O–H groups in total. The van der Waals surface area contributed by atoms with Gasteiger partial charge in [0.25, 0.3) is 0 Å². The van der Waals surface area contributed by atoms with Crippen LogP contribution in [-0.4, -0.2) is 61.5 Å². The maximum Gasteiger partial charge on any atom is 0.221 e. The number of hydrogen-bond acceptors (Lipinski definition) is 5. The summed E-state index contributed by atoms with van der Waals surface area (Å²) in [6.45, 7) is 5.25. The van der Waals surface area contributed by atoms with Gasteiger partial charge < -0.3 is 19.9 Å². The molecule has 0 aliphatic carbocycles. The fraction of sp³-hybridized carbons (Fsp3) is 0.381. The Morgan fingerprint density at radius 1 is 1.25 bits per heavy atom. The van der Waals surface area contributed by atoms with Gasteiger partial charge in [0.15, 0.2) is 0 Å². The average molecular weight is 405 g/mol. The van der Waals surface area contributed by atoms with Crippen LogP contribution in [0, 0.1) is 0 Å². The third-order valence-corrected chi connectivity index (χ3v) is 4.62. The van der Waals surface area contributed by atoms with Gasteiger partial charge in [0, 0.05) is 37.3 Å². The lowest BCUT2D eigenvalue weighted by molar-refractivity contribution is -0.114. The van der Waals surface area contributed by atoms with Crippen molar-refractivity contribution in [2.24, 2.45) is 0 Å². The van der Waals surface area contributed by atoms with Gasteiger partial charge in [-0.15, -0.1) is 0 Å². The minimum atomic E-state index is -0.594. The minimum absolute atomic E-state index is 0.124. The largest absolute Gasteiger partial charge is 0.491 e. The van der Waals surface area contributed by atoms with E-state index in [4.69, 9.17) is 21.1 Å². The van der Waals surface area contributed by atoms with E-state index in [1.807, 2.05) is 36.4 Å². The Morgan fingerprint density at radius 3 is 2.79 bits per heavy atom. The van der Waals surface area contributed by atoms with Crippen molar-refractivity contribution in [2.75, 3.05) is 44.8 Å². The van der Waals surface area contributed by atoms with E-state index in [9.17, 15) is 9.90 Å².